The Kier molecular flexibility index (Phi) is 3.82. The number of ether oxygens (including phenoxy) is 1. The fraction of sp³-hybridized carbons (Fsp3) is 0.267. The van der Waals surface area contributed by atoms with Crippen LogP contribution in [-0.4, -0.2) is 12.4 Å². The van der Waals surface area contributed by atoms with Gasteiger partial charge in [-0.15, -0.1) is 11.3 Å². The van der Waals surface area contributed by atoms with E-state index < -0.39 is 6.10 Å². The van der Waals surface area contributed by atoms with Gasteiger partial charge >= 0.3 is 0 Å². The molecule has 1 aromatic heterocycles. The van der Waals surface area contributed by atoms with Crippen LogP contribution in [0, 0.1) is 0 Å². The van der Waals surface area contributed by atoms with Crippen molar-refractivity contribution >= 4 is 33.0 Å². The molecule has 2 aromatic rings. The SMILES string of the molecule is O=C(Cc1cc(Br)cs1)C1OCCc2ccccc21. The Morgan fingerprint density at radius 2 is 2.26 bits per heavy atom. The van der Waals surface area contributed by atoms with Gasteiger partial charge in [0.05, 0.1) is 6.61 Å². The van der Waals surface area contributed by atoms with E-state index in [1.807, 2.05) is 29.6 Å². The number of hydrogen-bond donors (Lipinski definition) is 0. The highest BCUT2D eigenvalue weighted by Crippen LogP contribution is 2.29. The summed E-state index contributed by atoms with van der Waals surface area (Å²) in [4.78, 5) is 13.5. The largest absolute Gasteiger partial charge is 0.365 e. The number of carbonyl (C=O) groups excluding carboxylic acids is 1. The monoisotopic (exact) mass is 336 g/mol. The van der Waals surface area contributed by atoms with E-state index in [0.717, 1.165) is 21.3 Å². The number of halogens is 1. The van der Waals surface area contributed by atoms with E-state index in [0.29, 0.717) is 13.0 Å². The zero-order chi connectivity index (χ0) is 13.2. The van der Waals surface area contributed by atoms with Gasteiger partial charge in [0, 0.05) is 21.2 Å². The fourth-order valence-corrected chi connectivity index (χ4v) is 3.83. The molecule has 0 spiro atoms. The van der Waals surface area contributed by atoms with Gasteiger partial charge in [-0.1, -0.05) is 24.3 Å². The molecule has 4 heteroatoms. The zero-order valence-corrected chi connectivity index (χ0v) is 12.7. The summed E-state index contributed by atoms with van der Waals surface area (Å²) in [7, 11) is 0. The van der Waals surface area contributed by atoms with Crippen LogP contribution in [0.2, 0.25) is 0 Å². The lowest BCUT2D eigenvalue weighted by Crippen LogP contribution is -2.24. The quantitative estimate of drug-likeness (QED) is 0.848. The summed E-state index contributed by atoms with van der Waals surface area (Å²) in [5.74, 6) is 0.140. The van der Waals surface area contributed by atoms with Crippen molar-refractivity contribution in [3.8, 4) is 0 Å². The molecule has 0 fully saturated rings. The number of thiophene rings is 1. The van der Waals surface area contributed by atoms with E-state index in [4.69, 9.17) is 4.74 Å². The van der Waals surface area contributed by atoms with Crippen molar-refractivity contribution in [1.29, 1.82) is 0 Å². The second-order valence-corrected chi connectivity index (χ2v) is 6.49. The van der Waals surface area contributed by atoms with Crippen LogP contribution < -0.4 is 0 Å². The molecule has 19 heavy (non-hydrogen) atoms. The van der Waals surface area contributed by atoms with Gasteiger partial charge in [-0.05, 0) is 39.5 Å². The Morgan fingerprint density at radius 1 is 1.42 bits per heavy atom. The van der Waals surface area contributed by atoms with Crippen LogP contribution in [0.1, 0.15) is 22.1 Å². The second-order valence-electron chi connectivity index (χ2n) is 4.57. The minimum absolute atomic E-state index is 0.140. The van der Waals surface area contributed by atoms with Gasteiger partial charge in [0.2, 0.25) is 0 Å². The lowest BCUT2D eigenvalue weighted by Gasteiger charge is -2.24. The summed E-state index contributed by atoms with van der Waals surface area (Å²) in [6, 6.07) is 10.1. The molecule has 1 aliphatic heterocycles. The number of carbonyl (C=O) groups is 1. The van der Waals surface area contributed by atoms with E-state index in [9.17, 15) is 4.79 Å². The standard InChI is InChI=1S/C15H13BrO2S/c16-11-7-12(19-9-11)8-14(17)15-13-4-2-1-3-10(13)5-6-18-15/h1-4,7,9,15H,5-6,8H2. The first kappa shape index (κ1) is 13.0. The summed E-state index contributed by atoms with van der Waals surface area (Å²) in [5.41, 5.74) is 2.27. The Morgan fingerprint density at radius 3 is 3.05 bits per heavy atom. The number of benzene rings is 1. The van der Waals surface area contributed by atoms with Gasteiger partial charge in [-0.2, -0.15) is 0 Å². The van der Waals surface area contributed by atoms with E-state index in [-0.39, 0.29) is 5.78 Å². The molecule has 2 heterocycles. The molecule has 98 valence electrons. The lowest BCUT2D eigenvalue weighted by atomic mass is 9.94. The van der Waals surface area contributed by atoms with Gasteiger partial charge in [0.25, 0.3) is 0 Å². The van der Waals surface area contributed by atoms with Crippen molar-refractivity contribution < 1.29 is 9.53 Å². The van der Waals surface area contributed by atoms with E-state index in [2.05, 4.69) is 22.0 Å². The number of hydrogen-bond acceptors (Lipinski definition) is 3. The van der Waals surface area contributed by atoms with E-state index in [1.165, 1.54) is 5.56 Å². The van der Waals surface area contributed by atoms with Crippen molar-refractivity contribution in [2.24, 2.45) is 0 Å². The maximum absolute atomic E-state index is 12.4. The van der Waals surface area contributed by atoms with Gasteiger partial charge in [0.1, 0.15) is 6.10 Å². The van der Waals surface area contributed by atoms with Gasteiger partial charge in [-0.25, -0.2) is 0 Å². The molecule has 0 radical (unpaired) electrons. The molecule has 0 aliphatic carbocycles. The first-order chi connectivity index (χ1) is 9.24. The normalized spacial score (nSPS) is 18.1. The van der Waals surface area contributed by atoms with Crippen LogP contribution in [0.5, 0.6) is 0 Å². The molecular weight excluding hydrogens is 324 g/mol. The van der Waals surface area contributed by atoms with Crippen molar-refractivity contribution in [3.63, 3.8) is 0 Å². The average Bonchev–Trinajstić information content (AvgIpc) is 2.83. The third-order valence-electron chi connectivity index (χ3n) is 3.26. The topological polar surface area (TPSA) is 26.3 Å². The summed E-state index contributed by atoms with van der Waals surface area (Å²) in [6.07, 6.45) is 0.936. The van der Waals surface area contributed by atoms with Gasteiger partial charge < -0.3 is 4.74 Å². The summed E-state index contributed by atoms with van der Waals surface area (Å²) >= 11 is 5.01. The van der Waals surface area contributed by atoms with Crippen molar-refractivity contribution in [2.45, 2.75) is 18.9 Å². The zero-order valence-electron chi connectivity index (χ0n) is 10.3. The third kappa shape index (κ3) is 2.81. The predicted molar refractivity (Wildman–Crippen MR) is 79.6 cm³/mol. The molecule has 3 rings (SSSR count). The Balaban J connectivity index is 1.81. The summed E-state index contributed by atoms with van der Waals surface area (Å²) in [6.45, 7) is 0.627. The summed E-state index contributed by atoms with van der Waals surface area (Å²) in [5, 5.41) is 2.00. The number of fused-ring (bicyclic) bond motifs is 1. The molecule has 2 nitrogen and oxygen atoms in total. The van der Waals surface area contributed by atoms with Crippen LogP contribution in [0.3, 0.4) is 0 Å². The first-order valence-corrected chi connectivity index (χ1v) is 7.86. The van der Waals surface area contributed by atoms with E-state index >= 15 is 0 Å². The maximum atomic E-state index is 12.4. The Bertz CT molecular complexity index is 606. The average molecular weight is 337 g/mol. The molecule has 1 unspecified atom stereocenters. The molecule has 1 atom stereocenters. The molecule has 1 aliphatic rings. The maximum Gasteiger partial charge on any atom is 0.171 e. The Labute approximate surface area is 124 Å². The van der Waals surface area contributed by atoms with Gasteiger partial charge in [0.15, 0.2) is 5.78 Å². The van der Waals surface area contributed by atoms with Crippen LogP contribution in [-0.2, 0) is 22.4 Å². The second kappa shape index (κ2) is 5.57. The molecule has 0 saturated carbocycles. The van der Waals surface area contributed by atoms with Crippen LogP contribution >= 0.6 is 27.3 Å². The van der Waals surface area contributed by atoms with Crippen molar-refractivity contribution in [1.82, 2.24) is 0 Å². The first-order valence-electron chi connectivity index (χ1n) is 6.19. The third-order valence-corrected chi connectivity index (χ3v) is 4.95. The smallest absolute Gasteiger partial charge is 0.171 e. The highest BCUT2D eigenvalue weighted by atomic mass is 79.9. The van der Waals surface area contributed by atoms with Crippen LogP contribution in [0.15, 0.2) is 40.2 Å². The number of rotatable bonds is 3. The van der Waals surface area contributed by atoms with Crippen molar-refractivity contribution in [3.05, 3.63) is 56.2 Å². The summed E-state index contributed by atoms with van der Waals surface area (Å²) < 4.78 is 6.72. The Hall–Kier alpha value is -0.970. The molecule has 0 bridgehead atoms. The van der Waals surface area contributed by atoms with E-state index in [1.54, 1.807) is 11.3 Å². The molecule has 1 aromatic carbocycles. The molecular formula is C15H13BrO2S. The minimum Gasteiger partial charge on any atom is -0.365 e. The lowest BCUT2D eigenvalue weighted by molar-refractivity contribution is -0.131. The predicted octanol–water partition coefficient (Wildman–Crippen LogP) is 3.94. The fourth-order valence-electron chi connectivity index (χ4n) is 2.37. The number of Topliss-reactive ketones (excluding diaryl/α,β-unsaturated/α-hetero) is 1. The highest BCUT2D eigenvalue weighted by Gasteiger charge is 2.27. The molecule has 0 amide bonds. The molecule has 0 N–H and O–H groups in total. The highest BCUT2D eigenvalue weighted by molar-refractivity contribution is 9.10. The minimum atomic E-state index is -0.397. The van der Waals surface area contributed by atoms with Gasteiger partial charge in [-0.3, -0.25) is 4.79 Å². The number of ketones is 1. The molecule has 0 saturated heterocycles. The van der Waals surface area contributed by atoms with Crippen LogP contribution in [0.25, 0.3) is 0 Å². The van der Waals surface area contributed by atoms with Crippen molar-refractivity contribution in [2.75, 3.05) is 6.61 Å². The van der Waals surface area contributed by atoms with Crippen LogP contribution in [0.4, 0.5) is 0 Å².